The molecular formula is C12H18FN3O. The second-order valence-electron chi connectivity index (χ2n) is 3.73. The van der Waals surface area contributed by atoms with Crippen molar-refractivity contribution in [2.75, 3.05) is 18.4 Å². The number of hydrogen-bond donors (Lipinski definition) is 2. The number of aromatic nitrogens is 1. The summed E-state index contributed by atoms with van der Waals surface area (Å²) in [6.07, 6.45) is 2.86. The average Bonchev–Trinajstić information content (AvgIpc) is 2.34. The van der Waals surface area contributed by atoms with Gasteiger partial charge in [-0.25, -0.2) is 9.37 Å². The number of hydrogen-bond acceptors (Lipinski definition) is 3. The summed E-state index contributed by atoms with van der Waals surface area (Å²) in [5, 5.41) is 5.72. The first kappa shape index (κ1) is 13.4. The maximum atomic E-state index is 13.1. The Balaban J connectivity index is 2.85. The van der Waals surface area contributed by atoms with Gasteiger partial charge >= 0.3 is 0 Å². The number of rotatable bonds is 6. The van der Waals surface area contributed by atoms with E-state index in [1.54, 1.807) is 0 Å². The maximum absolute atomic E-state index is 13.1. The molecule has 17 heavy (non-hydrogen) atoms. The first-order valence-corrected chi connectivity index (χ1v) is 5.86. The van der Waals surface area contributed by atoms with Gasteiger partial charge in [-0.05, 0) is 18.9 Å². The van der Waals surface area contributed by atoms with Crippen LogP contribution >= 0.6 is 0 Å². The molecule has 4 nitrogen and oxygen atoms in total. The molecule has 0 atom stereocenters. The fourth-order valence-corrected chi connectivity index (χ4v) is 1.33. The summed E-state index contributed by atoms with van der Waals surface area (Å²) >= 11 is 0. The van der Waals surface area contributed by atoms with Gasteiger partial charge in [0.1, 0.15) is 11.6 Å². The zero-order valence-corrected chi connectivity index (χ0v) is 10.2. The standard InChI is InChI=1S/C12H18FN3O/c1-3-5-14-11-10(7-9(13)8-16-11)12(17)15-6-4-2/h7-8H,3-6H2,1-2H3,(H,14,16)(H,15,17). The van der Waals surface area contributed by atoms with Crippen LogP contribution in [-0.4, -0.2) is 24.0 Å². The molecule has 1 aromatic rings. The SMILES string of the molecule is CCCNC(=O)c1cc(F)cnc1NCCC. The van der Waals surface area contributed by atoms with Crippen molar-refractivity contribution in [3.63, 3.8) is 0 Å². The molecule has 0 saturated carbocycles. The molecule has 0 bridgehead atoms. The average molecular weight is 239 g/mol. The quantitative estimate of drug-likeness (QED) is 0.800. The van der Waals surface area contributed by atoms with Crippen LogP contribution in [0.1, 0.15) is 37.0 Å². The highest BCUT2D eigenvalue weighted by molar-refractivity contribution is 5.98. The Kier molecular flexibility index (Phi) is 5.39. The van der Waals surface area contributed by atoms with Crippen molar-refractivity contribution in [3.05, 3.63) is 23.6 Å². The number of pyridine rings is 1. The Morgan fingerprint density at radius 3 is 2.71 bits per heavy atom. The molecule has 1 rings (SSSR count). The van der Waals surface area contributed by atoms with E-state index < -0.39 is 5.82 Å². The lowest BCUT2D eigenvalue weighted by molar-refractivity contribution is 0.0953. The predicted octanol–water partition coefficient (Wildman–Crippen LogP) is 2.18. The van der Waals surface area contributed by atoms with Gasteiger partial charge in [0.05, 0.1) is 11.8 Å². The van der Waals surface area contributed by atoms with Crippen molar-refractivity contribution in [3.8, 4) is 0 Å². The van der Waals surface area contributed by atoms with Crippen molar-refractivity contribution in [2.24, 2.45) is 0 Å². The van der Waals surface area contributed by atoms with Crippen LogP contribution in [0.5, 0.6) is 0 Å². The third kappa shape index (κ3) is 4.01. The molecule has 94 valence electrons. The van der Waals surface area contributed by atoms with E-state index in [9.17, 15) is 9.18 Å². The lowest BCUT2D eigenvalue weighted by atomic mass is 10.2. The topological polar surface area (TPSA) is 54.0 Å². The summed E-state index contributed by atoms with van der Waals surface area (Å²) in [7, 11) is 0. The summed E-state index contributed by atoms with van der Waals surface area (Å²) in [5.74, 6) is -0.368. The Bertz CT molecular complexity index is 382. The molecule has 2 N–H and O–H groups in total. The van der Waals surface area contributed by atoms with Crippen molar-refractivity contribution in [1.82, 2.24) is 10.3 Å². The number of amides is 1. The Hall–Kier alpha value is -1.65. The minimum absolute atomic E-state index is 0.256. The molecule has 0 aliphatic heterocycles. The predicted molar refractivity (Wildman–Crippen MR) is 65.6 cm³/mol. The van der Waals surface area contributed by atoms with Crippen LogP contribution in [0.25, 0.3) is 0 Å². The van der Waals surface area contributed by atoms with Crippen LogP contribution in [0, 0.1) is 5.82 Å². The molecule has 5 heteroatoms. The van der Waals surface area contributed by atoms with E-state index in [0.717, 1.165) is 19.0 Å². The number of anilines is 1. The fourth-order valence-electron chi connectivity index (χ4n) is 1.33. The van der Waals surface area contributed by atoms with Crippen LogP contribution in [0.2, 0.25) is 0 Å². The first-order valence-electron chi connectivity index (χ1n) is 5.86. The number of carbonyl (C=O) groups is 1. The zero-order valence-electron chi connectivity index (χ0n) is 10.2. The largest absolute Gasteiger partial charge is 0.369 e. The molecule has 0 spiro atoms. The van der Waals surface area contributed by atoms with E-state index in [1.165, 1.54) is 6.07 Å². The maximum Gasteiger partial charge on any atom is 0.255 e. The highest BCUT2D eigenvalue weighted by atomic mass is 19.1. The minimum Gasteiger partial charge on any atom is -0.369 e. The van der Waals surface area contributed by atoms with Gasteiger partial charge in [-0.1, -0.05) is 13.8 Å². The Labute approximate surface area is 101 Å². The van der Waals surface area contributed by atoms with Gasteiger partial charge in [0.25, 0.3) is 5.91 Å². The van der Waals surface area contributed by atoms with E-state index in [4.69, 9.17) is 0 Å². The molecule has 1 amide bonds. The normalized spacial score (nSPS) is 10.1. The van der Waals surface area contributed by atoms with Crippen molar-refractivity contribution >= 4 is 11.7 Å². The molecule has 0 radical (unpaired) electrons. The second kappa shape index (κ2) is 6.83. The van der Waals surface area contributed by atoms with Gasteiger partial charge in [0.2, 0.25) is 0 Å². The zero-order chi connectivity index (χ0) is 12.7. The highest BCUT2D eigenvalue weighted by Gasteiger charge is 2.13. The molecule has 1 aromatic heterocycles. The molecular weight excluding hydrogens is 221 g/mol. The summed E-state index contributed by atoms with van der Waals surface area (Å²) in [6, 6.07) is 1.20. The van der Waals surface area contributed by atoms with E-state index in [2.05, 4.69) is 15.6 Å². The minimum atomic E-state index is -0.506. The van der Waals surface area contributed by atoms with Gasteiger partial charge in [-0.15, -0.1) is 0 Å². The third-order valence-electron chi connectivity index (χ3n) is 2.18. The molecule has 0 aliphatic carbocycles. The fraction of sp³-hybridized carbons (Fsp3) is 0.500. The second-order valence-corrected chi connectivity index (χ2v) is 3.73. The third-order valence-corrected chi connectivity index (χ3v) is 2.18. The Morgan fingerprint density at radius 2 is 2.06 bits per heavy atom. The molecule has 0 aliphatic rings. The van der Waals surface area contributed by atoms with Crippen molar-refractivity contribution < 1.29 is 9.18 Å². The van der Waals surface area contributed by atoms with E-state index >= 15 is 0 Å². The number of nitrogens with zero attached hydrogens (tertiary/aromatic N) is 1. The molecule has 1 heterocycles. The summed E-state index contributed by atoms with van der Waals surface area (Å²) in [6.45, 7) is 5.24. The van der Waals surface area contributed by atoms with Crippen LogP contribution in [0.15, 0.2) is 12.3 Å². The highest BCUT2D eigenvalue weighted by Crippen LogP contribution is 2.13. The van der Waals surface area contributed by atoms with Gasteiger partial charge in [0.15, 0.2) is 0 Å². The number of halogens is 1. The van der Waals surface area contributed by atoms with E-state index in [0.29, 0.717) is 18.9 Å². The summed E-state index contributed by atoms with van der Waals surface area (Å²) in [5.41, 5.74) is 0.256. The number of carbonyl (C=O) groups excluding carboxylic acids is 1. The molecule has 0 unspecified atom stereocenters. The lowest BCUT2D eigenvalue weighted by Gasteiger charge is -2.10. The van der Waals surface area contributed by atoms with Gasteiger partial charge in [-0.3, -0.25) is 4.79 Å². The smallest absolute Gasteiger partial charge is 0.255 e. The molecule has 0 fully saturated rings. The van der Waals surface area contributed by atoms with E-state index in [-0.39, 0.29) is 11.5 Å². The van der Waals surface area contributed by atoms with Crippen molar-refractivity contribution in [1.29, 1.82) is 0 Å². The first-order chi connectivity index (χ1) is 8.19. The molecule has 0 aromatic carbocycles. The van der Waals surface area contributed by atoms with Crippen LogP contribution in [-0.2, 0) is 0 Å². The van der Waals surface area contributed by atoms with Crippen molar-refractivity contribution in [2.45, 2.75) is 26.7 Å². The number of nitrogens with one attached hydrogen (secondary N) is 2. The Morgan fingerprint density at radius 1 is 1.35 bits per heavy atom. The van der Waals surface area contributed by atoms with Gasteiger partial charge < -0.3 is 10.6 Å². The van der Waals surface area contributed by atoms with Crippen LogP contribution in [0.3, 0.4) is 0 Å². The van der Waals surface area contributed by atoms with Gasteiger partial charge in [0, 0.05) is 13.1 Å². The summed E-state index contributed by atoms with van der Waals surface area (Å²) < 4.78 is 13.1. The van der Waals surface area contributed by atoms with Crippen LogP contribution in [0.4, 0.5) is 10.2 Å². The monoisotopic (exact) mass is 239 g/mol. The molecule has 0 saturated heterocycles. The summed E-state index contributed by atoms with van der Waals surface area (Å²) in [4.78, 5) is 15.7. The van der Waals surface area contributed by atoms with E-state index in [1.807, 2.05) is 13.8 Å². The van der Waals surface area contributed by atoms with Crippen LogP contribution < -0.4 is 10.6 Å². The van der Waals surface area contributed by atoms with Gasteiger partial charge in [-0.2, -0.15) is 0 Å². The lowest BCUT2D eigenvalue weighted by Crippen LogP contribution is -2.25.